The third-order valence-corrected chi connectivity index (χ3v) is 4.75. The monoisotopic (exact) mass is 357 g/mol. The first-order valence-electron chi connectivity index (χ1n) is 7.10. The maximum Gasteiger partial charge on any atom is 0.270 e. The van der Waals surface area contributed by atoms with Gasteiger partial charge in [0, 0.05) is 5.56 Å². The predicted molar refractivity (Wildman–Crippen MR) is 98.5 cm³/mol. The molecule has 0 N–H and O–H groups in total. The Bertz CT molecular complexity index is 892. The number of halogens is 1. The van der Waals surface area contributed by atoms with E-state index >= 15 is 0 Å². The fourth-order valence-corrected chi connectivity index (χ4v) is 3.60. The second kappa shape index (κ2) is 6.67. The number of Topliss-reactive ketones (excluding diaryl/α,β-unsaturated/α-hetero) is 1. The molecule has 2 aromatic carbocycles. The lowest BCUT2D eigenvalue weighted by atomic mass is 10.1. The van der Waals surface area contributed by atoms with Gasteiger partial charge in [0.2, 0.25) is 0 Å². The van der Waals surface area contributed by atoms with Crippen LogP contribution >= 0.6 is 24.0 Å². The molecule has 1 fully saturated rings. The molecule has 24 heavy (non-hydrogen) atoms. The van der Waals surface area contributed by atoms with Crippen molar-refractivity contribution >= 4 is 51.8 Å². The molecule has 1 amide bonds. The molecule has 6 heteroatoms. The van der Waals surface area contributed by atoms with Crippen molar-refractivity contribution in [3.63, 3.8) is 0 Å². The lowest BCUT2D eigenvalue weighted by Gasteiger charge is -2.15. The van der Waals surface area contributed by atoms with E-state index in [0.717, 1.165) is 11.8 Å². The van der Waals surface area contributed by atoms with Crippen molar-refractivity contribution in [3.8, 4) is 0 Å². The number of hydrogen-bond acceptors (Lipinski definition) is 4. The van der Waals surface area contributed by atoms with Crippen LogP contribution in [0.2, 0.25) is 0 Å². The molecule has 1 aliphatic heterocycles. The smallest absolute Gasteiger partial charge is 0.270 e. The first-order valence-corrected chi connectivity index (χ1v) is 8.33. The standard InChI is InChI=1S/C18H12FNO2S2/c1-11(21)13-5-3-7-15(10-13)20-17(22)16(24-18(20)23)9-12-4-2-6-14(19)8-12/h2-10H,1H3/b16-9-. The number of thiocarbonyl (C=S) groups is 1. The topological polar surface area (TPSA) is 37.4 Å². The Labute approximate surface area is 148 Å². The molecule has 1 aliphatic rings. The predicted octanol–water partition coefficient (Wildman–Crippen LogP) is 4.43. The maximum atomic E-state index is 13.3. The molecule has 3 nitrogen and oxygen atoms in total. The van der Waals surface area contributed by atoms with Gasteiger partial charge in [0.25, 0.3) is 5.91 Å². The van der Waals surface area contributed by atoms with Gasteiger partial charge in [-0.3, -0.25) is 14.5 Å². The summed E-state index contributed by atoms with van der Waals surface area (Å²) < 4.78 is 13.7. The Hall–Kier alpha value is -2.31. The zero-order valence-electron chi connectivity index (χ0n) is 12.7. The van der Waals surface area contributed by atoms with Gasteiger partial charge in [0.05, 0.1) is 10.6 Å². The first-order chi connectivity index (χ1) is 11.5. The zero-order valence-corrected chi connectivity index (χ0v) is 14.3. The average molecular weight is 357 g/mol. The van der Waals surface area contributed by atoms with Crippen molar-refractivity contribution in [2.75, 3.05) is 4.90 Å². The number of carbonyl (C=O) groups excluding carboxylic acids is 2. The van der Waals surface area contributed by atoms with Crippen LogP contribution in [0.25, 0.3) is 6.08 Å². The molecule has 0 unspecified atom stereocenters. The highest BCUT2D eigenvalue weighted by atomic mass is 32.2. The van der Waals surface area contributed by atoms with Crippen LogP contribution < -0.4 is 4.90 Å². The van der Waals surface area contributed by atoms with Crippen LogP contribution in [0.15, 0.2) is 53.4 Å². The number of benzene rings is 2. The second-order valence-corrected chi connectivity index (χ2v) is 6.85. The summed E-state index contributed by atoms with van der Waals surface area (Å²) in [5.41, 5.74) is 1.65. The highest BCUT2D eigenvalue weighted by molar-refractivity contribution is 8.27. The van der Waals surface area contributed by atoms with Gasteiger partial charge < -0.3 is 0 Å². The molecule has 120 valence electrons. The first kappa shape index (κ1) is 16.5. The van der Waals surface area contributed by atoms with Gasteiger partial charge in [0.15, 0.2) is 10.1 Å². The van der Waals surface area contributed by atoms with Gasteiger partial charge in [0.1, 0.15) is 5.82 Å². The molecule has 0 saturated carbocycles. The Morgan fingerprint density at radius 2 is 1.96 bits per heavy atom. The minimum atomic E-state index is -0.367. The molecule has 0 aliphatic carbocycles. The molecule has 1 saturated heterocycles. The highest BCUT2D eigenvalue weighted by Crippen LogP contribution is 2.36. The van der Waals surface area contributed by atoms with Crippen LogP contribution in [0.4, 0.5) is 10.1 Å². The van der Waals surface area contributed by atoms with Crippen LogP contribution in [0.5, 0.6) is 0 Å². The Morgan fingerprint density at radius 3 is 2.67 bits per heavy atom. The number of ketones is 1. The summed E-state index contributed by atoms with van der Waals surface area (Å²) in [5, 5.41) is 0. The SMILES string of the molecule is CC(=O)c1cccc(N2C(=O)/C(=C/c3cccc(F)c3)SC2=S)c1. The molecule has 3 rings (SSSR count). The average Bonchev–Trinajstić information content (AvgIpc) is 2.81. The number of thioether (sulfide) groups is 1. The van der Waals surface area contributed by atoms with Crippen molar-refractivity contribution < 1.29 is 14.0 Å². The van der Waals surface area contributed by atoms with Crippen molar-refractivity contribution in [2.45, 2.75) is 6.92 Å². The van der Waals surface area contributed by atoms with Gasteiger partial charge in [-0.2, -0.15) is 0 Å². The van der Waals surface area contributed by atoms with E-state index < -0.39 is 0 Å². The Kier molecular flexibility index (Phi) is 4.59. The van der Waals surface area contributed by atoms with Gasteiger partial charge in [-0.15, -0.1) is 0 Å². The normalized spacial score (nSPS) is 16.1. The lowest BCUT2D eigenvalue weighted by Crippen LogP contribution is -2.27. The number of hydrogen-bond donors (Lipinski definition) is 0. The molecule has 0 atom stereocenters. The second-order valence-electron chi connectivity index (χ2n) is 5.18. The minimum absolute atomic E-state index is 0.0856. The quantitative estimate of drug-likeness (QED) is 0.462. The molecule has 0 aromatic heterocycles. The summed E-state index contributed by atoms with van der Waals surface area (Å²) in [6.45, 7) is 1.47. The van der Waals surface area contributed by atoms with E-state index in [4.69, 9.17) is 12.2 Å². The maximum absolute atomic E-state index is 13.3. The third-order valence-electron chi connectivity index (χ3n) is 3.45. The molecule has 1 heterocycles. The van der Waals surface area contributed by atoms with Crippen LogP contribution in [0.1, 0.15) is 22.8 Å². The van der Waals surface area contributed by atoms with Crippen molar-refractivity contribution in [3.05, 3.63) is 70.4 Å². The summed E-state index contributed by atoms with van der Waals surface area (Å²) in [7, 11) is 0. The van der Waals surface area contributed by atoms with E-state index in [1.807, 2.05) is 0 Å². The number of amides is 1. The van der Waals surface area contributed by atoms with Gasteiger partial charge >= 0.3 is 0 Å². The molecule has 0 radical (unpaired) electrons. The highest BCUT2D eigenvalue weighted by Gasteiger charge is 2.33. The lowest BCUT2D eigenvalue weighted by molar-refractivity contribution is -0.113. The van der Waals surface area contributed by atoms with Crippen LogP contribution in [0.3, 0.4) is 0 Å². The van der Waals surface area contributed by atoms with Crippen molar-refractivity contribution in [1.82, 2.24) is 0 Å². The van der Waals surface area contributed by atoms with E-state index in [1.54, 1.807) is 42.5 Å². The summed E-state index contributed by atoms with van der Waals surface area (Å²) in [5.74, 6) is -0.735. The van der Waals surface area contributed by atoms with Gasteiger partial charge in [-0.25, -0.2) is 4.39 Å². The fraction of sp³-hybridized carbons (Fsp3) is 0.0556. The van der Waals surface area contributed by atoms with Crippen LogP contribution in [0, 0.1) is 5.82 Å². The molecule has 2 aromatic rings. The summed E-state index contributed by atoms with van der Waals surface area (Å²) in [6.07, 6.45) is 1.61. The van der Waals surface area contributed by atoms with E-state index in [1.165, 1.54) is 24.0 Å². The number of nitrogens with zero attached hydrogens (tertiary/aromatic N) is 1. The number of rotatable bonds is 3. The van der Waals surface area contributed by atoms with Crippen molar-refractivity contribution in [2.24, 2.45) is 0 Å². The number of anilines is 1. The van der Waals surface area contributed by atoms with Gasteiger partial charge in [-0.1, -0.05) is 48.2 Å². The summed E-state index contributed by atoms with van der Waals surface area (Å²) >= 11 is 6.45. The van der Waals surface area contributed by atoms with Crippen molar-refractivity contribution in [1.29, 1.82) is 0 Å². The van der Waals surface area contributed by atoms with E-state index in [0.29, 0.717) is 26.0 Å². The fourth-order valence-electron chi connectivity index (χ4n) is 2.30. The molecule has 0 spiro atoms. The summed E-state index contributed by atoms with van der Waals surface area (Å²) in [6, 6.07) is 12.7. The van der Waals surface area contributed by atoms with E-state index in [9.17, 15) is 14.0 Å². The molecular weight excluding hydrogens is 345 g/mol. The van der Waals surface area contributed by atoms with Gasteiger partial charge in [-0.05, 0) is 42.8 Å². The van der Waals surface area contributed by atoms with Crippen LogP contribution in [-0.2, 0) is 4.79 Å². The largest absolute Gasteiger partial charge is 0.295 e. The summed E-state index contributed by atoms with van der Waals surface area (Å²) in [4.78, 5) is 26.0. The zero-order chi connectivity index (χ0) is 17.3. The Balaban J connectivity index is 1.95. The minimum Gasteiger partial charge on any atom is -0.295 e. The Morgan fingerprint density at radius 1 is 1.21 bits per heavy atom. The number of carbonyl (C=O) groups is 2. The van der Waals surface area contributed by atoms with Crippen LogP contribution in [-0.4, -0.2) is 16.0 Å². The van der Waals surface area contributed by atoms with E-state index in [2.05, 4.69) is 0 Å². The molecule has 0 bridgehead atoms. The third kappa shape index (κ3) is 3.29. The molecular formula is C18H12FNO2S2. The van der Waals surface area contributed by atoms with E-state index in [-0.39, 0.29) is 17.5 Å².